The maximum atomic E-state index is 12.7. The molecule has 0 radical (unpaired) electrons. The molecule has 8 N–H and O–H groups in total. The number of amides is 4. The largest absolute Gasteiger partial charge is 0.508 e. The SMILES string of the molecule is CCc1c(-c2ccc(C(=O)NCCC(=O)NCCOCCOCCOCCOCCOCCC(=O)NCCn3ccc(-c4cc(Cl)c(Cl)c5[nH]c6c(c45)CN(C(=O)CO)CC6)n3)nc2)cnc(N)c1-c1ccc(O)cc1. The number of fused-ring (bicyclic) bond motifs is 3. The molecule has 0 saturated carbocycles. The van der Waals surface area contributed by atoms with E-state index < -0.39 is 12.5 Å². The van der Waals surface area contributed by atoms with Crippen LogP contribution >= 0.6 is 23.2 Å². The molecule has 76 heavy (non-hydrogen) atoms. The molecule has 4 amide bonds. The van der Waals surface area contributed by atoms with Crippen molar-refractivity contribution in [2.45, 2.75) is 45.7 Å². The lowest BCUT2D eigenvalue weighted by Crippen LogP contribution is -2.37. The number of benzene rings is 2. The predicted octanol–water partition coefficient (Wildman–Crippen LogP) is 4.72. The van der Waals surface area contributed by atoms with Gasteiger partial charge in [-0.3, -0.25) is 28.8 Å². The lowest BCUT2D eigenvalue weighted by molar-refractivity contribution is -0.135. The first kappa shape index (κ1) is 57.0. The summed E-state index contributed by atoms with van der Waals surface area (Å²) in [4.78, 5) is 63.5. The maximum absolute atomic E-state index is 12.7. The summed E-state index contributed by atoms with van der Waals surface area (Å²) >= 11 is 13.1. The minimum atomic E-state index is -0.555. The summed E-state index contributed by atoms with van der Waals surface area (Å²) in [7, 11) is 0. The van der Waals surface area contributed by atoms with E-state index in [4.69, 9.17) is 57.7 Å². The Hall–Kier alpha value is -6.69. The average molecular weight is 1090 g/mol. The fourth-order valence-electron chi connectivity index (χ4n) is 8.58. The van der Waals surface area contributed by atoms with Crippen molar-refractivity contribution < 1.29 is 53.1 Å². The number of anilines is 1. The highest BCUT2D eigenvalue weighted by Gasteiger charge is 2.28. The Morgan fingerprint density at radius 3 is 2.09 bits per heavy atom. The average Bonchev–Trinajstić information content (AvgIpc) is 4.10. The van der Waals surface area contributed by atoms with Crippen LogP contribution in [0, 0.1) is 0 Å². The van der Waals surface area contributed by atoms with Gasteiger partial charge in [-0.25, -0.2) is 4.98 Å². The van der Waals surface area contributed by atoms with Crippen LogP contribution in [0.1, 0.15) is 47.1 Å². The monoisotopic (exact) mass is 1090 g/mol. The summed E-state index contributed by atoms with van der Waals surface area (Å²) in [5, 5.41) is 33.9. The van der Waals surface area contributed by atoms with Gasteiger partial charge in [0.1, 0.15) is 23.9 Å². The molecular formula is C53H64Cl2N10O11. The van der Waals surface area contributed by atoms with Crippen molar-refractivity contribution in [3.63, 3.8) is 0 Å². The second kappa shape index (κ2) is 29.0. The van der Waals surface area contributed by atoms with Crippen LogP contribution in [0.5, 0.6) is 5.75 Å². The van der Waals surface area contributed by atoms with Crippen LogP contribution < -0.4 is 21.7 Å². The van der Waals surface area contributed by atoms with Crippen molar-refractivity contribution in [2.75, 3.05) is 105 Å². The molecule has 4 aromatic heterocycles. The first-order valence-corrected chi connectivity index (χ1v) is 25.9. The van der Waals surface area contributed by atoms with Crippen LogP contribution in [0.2, 0.25) is 10.0 Å². The Kier molecular flexibility index (Phi) is 21.8. The fourth-order valence-corrected chi connectivity index (χ4v) is 8.98. The number of nitrogens with zero attached hydrogens (tertiary/aromatic N) is 5. The smallest absolute Gasteiger partial charge is 0.269 e. The highest BCUT2D eigenvalue weighted by atomic mass is 35.5. The Balaban J connectivity index is 0.648. The minimum Gasteiger partial charge on any atom is -0.508 e. The third kappa shape index (κ3) is 15.7. The quantitative estimate of drug-likeness (QED) is 0.0301. The number of carbonyl (C=O) groups excluding carboxylic acids is 4. The van der Waals surface area contributed by atoms with E-state index in [9.17, 15) is 29.4 Å². The molecular weight excluding hydrogens is 1020 g/mol. The predicted molar refractivity (Wildman–Crippen MR) is 286 cm³/mol. The van der Waals surface area contributed by atoms with Gasteiger partial charge in [-0.05, 0) is 47.9 Å². The number of aromatic hydroxyl groups is 1. The second-order valence-corrected chi connectivity index (χ2v) is 18.3. The Labute approximate surface area is 449 Å². The molecule has 5 heterocycles. The van der Waals surface area contributed by atoms with E-state index in [1.807, 2.05) is 19.2 Å². The third-order valence-corrected chi connectivity index (χ3v) is 13.2. The molecule has 0 aliphatic carbocycles. The number of rotatable bonds is 30. The van der Waals surface area contributed by atoms with E-state index in [-0.39, 0.29) is 55.2 Å². The number of aliphatic hydroxyl groups excluding tert-OH is 1. The number of pyridine rings is 2. The Morgan fingerprint density at radius 1 is 0.763 bits per heavy atom. The number of phenolic OH excluding ortho intramolecular Hbond substituents is 1. The number of halogens is 2. The summed E-state index contributed by atoms with van der Waals surface area (Å²) in [6.07, 6.45) is 6.67. The van der Waals surface area contributed by atoms with E-state index in [0.29, 0.717) is 132 Å². The van der Waals surface area contributed by atoms with Crippen molar-refractivity contribution in [2.24, 2.45) is 0 Å². The molecule has 23 heteroatoms. The lowest BCUT2D eigenvalue weighted by Gasteiger charge is -2.26. The number of aromatic nitrogens is 5. The number of aromatic amines is 1. The molecule has 1 aliphatic heterocycles. The third-order valence-electron chi connectivity index (χ3n) is 12.4. The highest BCUT2D eigenvalue weighted by molar-refractivity contribution is 6.45. The highest BCUT2D eigenvalue weighted by Crippen LogP contribution is 2.42. The molecule has 0 unspecified atom stereocenters. The molecule has 6 aromatic rings. The van der Waals surface area contributed by atoms with Crippen LogP contribution in [0.25, 0.3) is 44.4 Å². The molecule has 0 bridgehead atoms. The molecule has 0 saturated heterocycles. The topological polar surface area (TPSA) is 280 Å². The first-order chi connectivity index (χ1) is 36.9. The van der Waals surface area contributed by atoms with Gasteiger partial charge in [0.2, 0.25) is 17.7 Å². The normalized spacial score (nSPS) is 12.2. The number of nitrogens with one attached hydrogen (secondary N) is 4. The number of carbonyl (C=O) groups is 4. The van der Waals surface area contributed by atoms with Crippen molar-refractivity contribution in [3.05, 3.63) is 99.7 Å². The number of nitrogens with two attached hydrogens (primary N) is 1. The van der Waals surface area contributed by atoms with Gasteiger partial charge in [0.25, 0.3) is 5.91 Å². The molecule has 0 atom stereocenters. The van der Waals surface area contributed by atoms with E-state index in [0.717, 1.165) is 50.0 Å². The minimum absolute atomic E-state index is 0.0920. The molecule has 21 nitrogen and oxygen atoms in total. The van der Waals surface area contributed by atoms with E-state index in [1.165, 1.54) is 0 Å². The van der Waals surface area contributed by atoms with Crippen LogP contribution in [-0.2, 0) is 64.0 Å². The van der Waals surface area contributed by atoms with Gasteiger partial charge in [-0.2, -0.15) is 5.10 Å². The van der Waals surface area contributed by atoms with Crippen LogP contribution in [0.4, 0.5) is 5.82 Å². The maximum Gasteiger partial charge on any atom is 0.269 e. The zero-order chi connectivity index (χ0) is 53.8. The number of ether oxygens (including phenoxy) is 5. The molecule has 2 aromatic carbocycles. The first-order valence-electron chi connectivity index (χ1n) is 25.1. The van der Waals surface area contributed by atoms with Crippen molar-refractivity contribution in [3.8, 4) is 39.3 Å². The van der Waals surface area contributed by atoms with E-state index in [1.54, 1.807) is 64.4 Å². The van der Waals surface area contributed by atoms with Gasteiger partial charge in [0, 0.05) is 109 Å². The number of nitrogen functional groups attached to an aromatic ring is 1. The zero-order valence-corrected chi connectivity index (χ0v) is 43.8. The number of hydrogen-bond donors (Lipinski definition) is 7. The Bertz CT molecular complexity index is 2900. The van der Waals surface area contributed by atoms with Gasteiger partial charge in [0.05, 0.1) is 93.9 Å². The van der Waals surface area contributed by atoms with Gasteiger partial charge in [0.15, 0.2) is 0 Å². The molecule has 0 fully saturated rings. The molecule has 7 rings (SSSR count). The summed E-state index contributed by atoms with van der Waals surface area (Å²) in [6.45, 7) is 7.05. The van der Waals surface area contributed by atoms with Crippen LogP contribution in [0.15, 0.2) is 67.1 Å². The fraction of sp³-hybridized carbons (Fsp3) is 0.415. The van der Waals surface area contributed by atoms with Crippen molar-refractivity contribution in [1.82, 2.24) is 45.6 Å². The summed E-state index contributed by atoms with van der Waals surface area (Å²) in [5.41, 5.74) is 14.7. The van der Waals surface area contributed by atoms with Gasteiger partial charge in [-0.1, -0.05) is 48.3 Å². The number of hydrogen-bond acceptors (Lipinski definition) is 15. The van der Waals surface area contributed by atoms with Gasteiger partial charge in [-0.15, -0.1) is 0 Å². The number of H-pyrrole nitrogens is 1. The van der Waals surface area contributed by atoms with Crippen LogP contribution in [0.3, 0.4) is 0 Å². The lowest BCUT2D eigenvalue weighted by atomic mass is 9.92. The van der Waals surface area contributed by atoms with Crippen molar-refractivity contribution >= 4 is 63.6 Å². The summed E-state index contributed by atoms with van der Waals surface area (Å²) in [6, 6.07) is 13.8. The Morgan fingerprint density at radius 2 is 1.42 bits per heavy atom. The standard InChI is InChI=1S/C53H64Cl2N10O11/c1-2-37-39(31-61-52(56)48(37)34-3-6-36(67)7-4-34)35-5-8-44(60-30-35)53(71)59-13-9-45(68)58-15-20-73-22-24-75-26-28-76-27-25-74-23-21-72-19-12-46(69)57-14-18-65-17-11-43(63-65)38-29-41(54)50(55)51-49(38)40-32-64(47(70)33-66)16-10-42(40)62-51/h3-8,11,17,29-31,62,66-67H,2,9-10,12-16,18-28,32-33H2,1H3,(H2,56,61)(H,57,69)(H,58,68)(H,59,71). The second-order valence-electron chi connectivity index (χ2n) is 17.5. The van der Waals surface area contributed by atoms with Crippen molar-refractivity contribution in [1.29, 1.82) is 0 Å². The molecule has 406 valence electrons. The van der Waals surface area contributed by atoms with E-state index in [2.05, 4.69) is 30.9 Å². The number of aliphatic hydroxyl groups is 1. The number of phenols is 1. The van der Waals surface area contributed by atoms with Crippen LogP contribution in [-0.4, -0.2) is 162 Å². The molecule has 1 aliphatic rings. The van der Waals surface area contributed by atoms with Gasteiger partial charge < -0.3 is 65.5 Å². The summed E-state index contributed by atoms with van der Waals surface area (Å²) in [5.74, 6) is -0.573. The van der Waals surface area contributed by atoms with Gasteiger partial charge >= 0.3 is 0 Å². The van der Waals surface area contributed by atoms with E-state index >= 15 is 0 Å². The zero-order valence-electron chi connectivity index (χ0n) is 42.3. The molecule has 0 spiro atoms. The summed E-state index contributed by atoms with van der Waals surface area (Å²) < 4.78 is 29.4.